The van der Waals surface area contributed by atoms with Crippen LogP contribution in [-0.2, 0) is 4.79 Å². The molecule has 0 radical (unpaired) electrons. The maximum atomic E-state index is 12.2. The van der Waals surface area contributed by atoms with Crippen LogP contribution in [-0.4, -0.2) is 61.5 Å². The second kappa shape index (κ2) is 10.3. The molecule has 1 heterocycles. The van der Waals surface area contributed by atoms with Crippen molar-refractivity contribution < 1.29 is 23.9 Å². The second-order valence-electron chi connectivity index (χ2n) is 7.91. The van der Waals surface area contributed by atoms with Crippen LogP contribution in [0.15, 0.2) is 54.6 Å². The SMILES string of the molecule is C[N+]1(CCC(=O)Nc2ccc(OC[C@H](O)COc3ccccc3)cc2)CCCC1. The summed E-state index contributed by atoms with van der Waals surface area (Å²) in [7, 11) is 2.23. The van der Waals surface area contributed by atoms with Crippen molar-refractivity contribution in [1.29, 1.82) is 0 Å². The van der Waals surface area contributed by atoms with Gasteiger partial charge in [-0.2, -0.15) is 0 Å². The number of nitrogens with zero attached hydrogens (tertiary/aromatic N) is 1. The van der Waals surface area contributed by atoms with Crippen LogP contribution in [0.1, 0.15) is 19.3 Å². The van der Waals surface area contributed by atoms with Gasteiger partial charge >= 0.3 is 0 Å². The van der Waals surface area contributed by atoms with Crippen molar-refractivity contribution in [2.24, 2.45) is 0 Å². The summed E-state index contributed by atoms with van der Waals surface area (Å²) in [5, 5.41) is 12.9. The third-order valence-electron chi connectivity index (χ3n) is 5.29. The molecule has 29 heavy (non-hydrogen) atoms. The normalized spacial score (nSPS) is 16.2. The Hall–Kier alpha value is -2.57. The summed E-state index contributed by atoms with van der Waals surface area (Å²) in [5.41, 5.74) is 0.749. The molecule has 0 unspecified atom stereocenters. The van der Waals surface area contributed by atoms with Gasteiger partial charge in [0.25, 0.3) is 0 Å². The molecule has 1 fully saturated rings. The molecule has 0 bridgehead atoms. The van der Waals surface area contributed by atoms with E-state index in [1.54, 1.807) is 12.1 Å². The van der Waals surface area contributed by atoms with E-state index in [0.29, 0.717) is 17.9 Å². The molecule has 2 aromatic carbocycles. The van der Waals surface area contributed by atoms with Crippen molar-refractivity contribution in [1.82, 2.24) is 0 Å². The second-order valence-corrected chi connectivity index (χ2v) is 7.91. The number of likely N-dealkylation sites (tertiary alicyclic amines) is 1. The number of para-hydroxylation sites is 1. The highest BCUT2D eigenvalue weighted by molar-refractivity contribution is 5.90. The summed E-state index contributed by atoms with van der Waals surface area (Å²) in [6.07, 6.45) is 2.31. The number of rotatable bonds is 10. The van der Waals surface area contributed by atoms with E-state index < -0.39 is 6.10 Å². The molecular weight excluding hydrogens is 368 g/mol. The van der Waals surface area contributed by atoms with Gasteiger partial charge in [0.05, 0.1) is 33.1 Å². The summed E-state index contributed by atoms with van der Waals surface area (Å²) in [6.45, 7) is 3.52. The third-order valence-corrected chi connectivity index (χ3v) is 5.29. The van der Waals surface area contributed by atoms with E-state index in [4.69, 9.17) is 9.47 Å². The van der Waals surface area contributed by atoms with Gasteiger partial charge in [0.15, 0.2) is 0 Å². The zero-order valence-electron chi connectivity index (χ0n) is 17.0. The zero-order valence-corrected chi connectivity index (χ0v) is 17.0. The van der Waals surface area contributed by atoms with Crippen LogP contribution in [0.3, 0.4) is 0 Å². The summed E-state index contributed by atoms with van der Waals surface area (Å²) in [6, 6.07) is 16.6. The highest BCUT2D eigenvalue weighted by atomic mass is 16.5. The highest BCUT2D eigenvalue weighted by Gasteiger charge is 2.27. The van der Waals surface area contributed by atoms with Crippen molar-refractivity contribution >= 4 is 11.6 Å². The Morgan fingerprint density at radius 3 is 2.21 bits per heavy atom. The molecule has 1 aliphatic rings. The number of ether oxygens (including phenoxy) is 2. The van der Waals surface area contributed by atoms with Crippen LogP contribution in [0.5, 0.6) is 11.5 Å². The summed E-state index contributed by atoms with van der Waals surface area (Å²) in [4.78, 5) is 12.2. The lowest BCUT2D eigenvalue weighted by atomic mass is 10.2. The van der Waals surface area contributed by atoms with Gasteiger partial charge in [-0.3, -0.25) is 4.79 Å². The molecule has 3 rings (SSSR count). The highest BCUT2D eigenvalue weighted by Crippen LogP contribution is 2.19. The fourth-order valence-corrected chi connectivity index (χ4v) is 3.50. The quantitative estimate of drug-likeness (QED) is 0.603. The first-order valence-electron chi connectivity index (χ1n) is 10.2. The molecule has 2 N–H and O–H groups in total. The molecule has 2 aromatic rings. The lowest BCUT2D eigenvalue weighted by Gasteiger charge is -2.28. The summed E-state index contributed by atoms with van der Waals surface area (Å²) in [5.74, 6) is 1.39. The average Bonchev–Trinajstić information content (AvgIpc) is 3.18. The molecule has 0 aromatic heterocycles. The Labute approximate surface area is 172 Å². The number of nitrogens with one attached hydrogen (secondary N) is 1. The molecule has 1 atom stereocenters. The summed E-state index contributed by atoms with van der Waals surface area (Å²) < 4.78 is 12.1. The predicted octanol–water partition coefficient (Wildman–Crippen LogP) is 3.07. The number of amides is 1. The van der Waals surface area contributed by atoms with E-state index in [1.807, 2.05) is 42.5 Å². The minimum absolute atomic E-state index is 0.0402. The van der Waals surface area contributed by atoms with Crippen molar-refractivity contribution in [2.45, 2.75) is 25.4 Å². The number of benzene rings is 2. The number of hydrogen-bond donors (Lipinski definition) is 2. The van der Waals surface area contributed by atoms with E-state index in [9.17, 15) is 9.90 Å². The van der Waals surface area contributed by atoms with Crippen LogP contribution < -0.4 is 14.8 Å². The van der Waals surface area contributed by atoms with E-state index >= 15 is 0 Å². The van der Waals surface area contributed by atoms with E-state index in [0.717, 1.165) is 16.7 Å². The van der Waals surface area contributed by atoms with Crippen molar-refractivity contribution in [3.8, 4) is 11.5 Å². The molecule has 1 saturated heterocycles. The van der Waals surface area contributed by atoms with Gasteiger partial charge < -0.3 is 24.4 Å². The number of quaternary nitrogens is 1. The Bertz CT molecular complexity index is 758. The Kier molecular flexibility index (Phi) is 7.49. The number of hydrogen-bond acceptors (Lipinski definition) is 4. The van der Waals surface area contributed by atoms with Crippen LogP contribution in [0.25, 0.3) is 0 Å². The third kappa shape index (κ3) is 7.07. The van der Waals surface area contributed by atoms with Gasteiger partial charge in [-0.15, -0.1) is 0 Å². The number of carbonyl (C=O) groups excluding carboxylic acids is 1. The minimum atomic E-state index is -0.732. The number of anilines is 1. The Balaban J connectivity index is 1.36. The monoisotopic (exact) mass is 399 g/mol. The Morgan fingerprint density at radius 2 is 1.59 bits per heavy atom. The molecule has 0 aliphatic carbocycles. The topological polar surface area (TPSA) is 67.8 Å². The minimum Gasteiger partial charge on any atom is -0.491 e. The lowest BCUT2D eigenvalue weighted by Crippen LogP contribution is -2.42. The average molecular weight is 400 g/mol. The first-order valence-corrected chi connectivity index (χ1v) is 10.2. The lowest BCUT2D eigenvalue weighted by molar-refractivity contribution is -0.897. The smallest absolute Gasteiger partial charge is 0.230 e. The first kappa shape index (κ1) is 21.1. The van der Waals surface area contributed by atoms with Gasteiger partial charge in [-0.05, 0) is 36.4 Å². The molecular formula is C23H31N2O4+. The molecule has 6 heteroatoms. The fourth-order valence-electron chi connectivity index (χ4n) is 3.50. The first-order chi connectivity index (χ1) is 14.0. The predicted molar refractivity (Wildman–Crippen MR) is 113 cm³/mol. The van der Waals surface area contributed by atoms with Crippen molar-refractivity contribution in [3.63, 3.8) is 0 Å². The van der Waals surface area contributed by atoms with E-state index in [1.165, 1.54) is 25.9 Å². The zero-order chi connectivity index (χ0) is 20.5. The van der Waals surface area contributed by atoms with Gasteiger partial charge in [-0.25, -0.2) is 0 Å². The van der Waals surface area contributed by atoms with Crippen LogP contribution in [0.4, 0.5) is 5.69 Å². The largest absolute Gasteiger partial charge is 0.491 e. The van der Waals surface area contributed by atoms with Gasteiger partial charge in [0.2, 0.25) is 5.91 Å². The summed E-state index contributed by atoms with van der Waals surface area (Å²) >= 11 is 0. The Morgan fingerprint density at radius 1 is 1.00 bits per heavy atom. The van der Waals surface area contributed by atoms with Crippen molar-refractivity contribution in [3.05, 3.63) is 54.6 Å². The van der Waals surface area contributed by atoms with Crippen LogP contribution >= 0.6 is 0 Å². The van der Waals surface area contributed by atoms with Crippen molar-refractivity contribution in [2.75, 3.05) is 45.2 Å². The number of aliphatic hydroxyl groups excluding tert-OH is 1. The molecule has 1 amide bonds. The maximum Gasteiger partial charge on any atom is 0.230 e. The molecule has 6 nitrogen and oxygen atoms in total. The van der Waals surface area contributed by atoms with Crippen LogP contribution in [0.2, 0.25) is 0 Å². The molecule has 1 aliphatic heterocycles. The standard InChI is InChI=1S/C23H30N2O4/c1-25(14-5-6-15-25)16-13-23(27)24-19-9-11-22(12-10-19)29-18-20(26)17-28-21-7-3-2-4-8-21/h2-4,7-12,20,26H,5-6,13-18H2,1H3/p+1/t20-/m1/s1. The van der Waals surface area contributed by atoms with E-state index in [2.05, 4.69) is 12.4 Å². The number of aliphatic hydroxyl groups is 1. The van der Waals surface area contributed by atoms with Gasteiger partial charge in [-0.1, -0.05) is 18.2 Å². The van der Waals surface area contributed by atoms with Gasteiger partial charge in [0.1, 0.15) is 30.8 Å². The molecule has 156 valence electrons. The fraction of sp³-hybridized carbons (Fsp3) is 0.435. The molecule has 0 saturated carbocycles. The van der Waals surface area contributed by atoms with Gasteiger partial charge in [0, 0.05) is 18.5 Å². The maximum absolute atomic E-state index is 12.2. The van der Waals surface area contributed by atoms with Crippen LogP contribution in [0, 0.1) is 0 Å². The van der Waals surface area contributed by atoms with E-state index in [-0.39, 0.29) is 19.1 Å². The number of carbonyl (C=O) groups is 1. The molecule has 0 spiro atoms.